The number of benzene rings is 1. The number of hydrogen-bond acceptors (Lipinski definition) is 2. The van der Waals surface area contributed by atoms with E-state index in [9.17, 15) is 0 Å². The predicted molar refractivity (Wildman–Crippen MR) is 112 cm³/mol. The molecule has 24 heavy (non-hydrogen) atoms. The van der Waals surface area contributed by atoms with Crippen LogP contribution in [-0.2, 0) is 12.8 Å². The molecule has 0 saturated carbocycles. The third kappa shape index (κ3) is 8.29. The highest BCUT2D eigenvalue weighted by Crippen LogP contribution is 2.02. The van der Waals surface area contributed by atoms with Crippen LogP contribution in [0.4, 0.5) is 0 Å². The molecule has 2 aromatic rings. The molecule has 0 aliphatic carbocycles. The lowest BCUT2D eigenvalue weighted by molar-refractivity contribution is 0.776. The summed E-state index contributed by atoms with van der Waals surface area (Å²) in [5.74, 6) is 0.893. The van der Waals surface area contributed by atoms with Gasteiger partial charge in [0.05, 0.1) is 0 Å². The Morgan fingerprint density at radius 1 is 1.00 bits per heavy atom. The second kappa shape index (κ2) is 12.8. The van der Waals surface area contributed by atoms with E-state index in [1.54, 1.807) is 6.20 Å². The number of guanidine groups is 1. The van der Waals surface area contributed by atoms with Crippen molar-refractivity contribution in [3.63, 3.8) is 0 Å². The topological polar surface area (TPSA) is 49.3 Å². The molecule has 4 nitrogen and oxygen atoms in total. The van der Waals surface area contributed by atoms with E-state index < -0.39 is 0 Å². The van der Waals surface area contributed by atoms with Crippen LogP contribution in [0.5, 0.6) is 0 Å². The molecule has 1 heterocycles. The van der Waals surface area contributed by atoms with E-state index in [1.165, 1.54) is 11.1 Å². The van der Waals surface area contributed by atoms with Crippen LogP contribution in [-0.4, -0.2) is 30.6 Å². The predicted octanol–water partition coefficient (Wildman–Crippen LogP) is 3.43. The summed E-state index contributed by atoms with van der Waals surface area (Å²) in [7, 11) is 0. The SMILES string of the molecule is CCNC(=NCCCc1ccccc1)NCCc1cccnc1.I. The molecule has 0 atom stereocenters. The van der Waals surface area contributed by atoms with Gasteiger partial charge in [0.1, 0.15) is 0 Å². The van der Waals surface area contributed by atoms with Crippen LogP contribution in [0.25, 0.3) is 0 Å². The van der Waals surface area contributed by atoms with Crippen LogP contribution in [0.15, 0.2) is 59.9 Å². The summed E-state index contributed by atoms with van der Waals surface area (Å²) in [5.41, 5.74) is 2.61. The lowest BCUT2D eigenvalue weighted by Crippen LogP contribution is -2.38. The molecule has 2 rings (SSSR count). The van der Waals surface area contributed by atoms with Crippen LogP contribution in [0.2, 0.25) is 0 Å². The molecular formula is C19H27IN4. The van der Waals surface area contributed by atoms with Crippen LogP contribution < -0.4 is 10.6 Å². The fourth-order valence-corrected chi connectivity index (χ4v) is 2.33. The van der Waals surface area contributed by atoms with Crippen LogP contribution in [0, 0.1) is 0 Å². The Labute approximate surface area is 162 Å². The first-order valence-electron chi connectivity index (χ1n) is 8.33. The standard InChI is InChI=1S/C19H26N4.HI/c1-2-21-19(23-15-12-18-11-6-13-20-16-18)22-14-7-10-17-8-4-3-5-9-17;/h3-6,8-9,11,13,16H,2,7,10,12,14-15H2,1H3,(H2,21,22,23);1H. The summed E-state index contributed by atoms with van der Waals surface area (Å²) in [5, 5.41) is 6.67. The van der Waals surface area contributed by atoms with Crippen molar-refractivity contribution in [1.82, 2.24) is 15.6 Å². The zero-order valence-corrected chi connectivity index (χ0v) is 16.6. The highest BCUT2D eigenvalue weighted by molar-refractivity contribution is 14.0. The van der Waals surface area contributed by atoms with Crippen LogP contribution in [0.3, 0.4) is 0 Å². The second-order valence-electron chi connectivity index (χ2n) is 5.39. The van der Waals surface area contributed by atoms with Crippen molar-refractivity contribution in [3.05, 3.63) is 66.0 Å². The average Bonchev–Trinajstić information content (AvgIpc) is 2.60. The van der Waals surface area contributed by atoms with Gasteiger partial charge in [-0.2, -0.15) is 0 Å². The number of aromatic nitrogens is 1. The summed E-state index contributed by atoms with van der Waals surface area (Å²) >= 11 is 0. The minimum Gasteiger partial charge on any atom is -0.357 e. The molecular weight excluding hydrogens is 411 g/mol. The fourth-order valence-electron chi connectivity index (χ4n) is 2.33. The molecule has 1 aromatic carbocycles. The minimum absolute atomic E-state index is 0. The lowest BCUT2D eigenvalue weighted by Gasteiger charge is -2.11. The molecule has 0 amide bonds. The van der Waals surface area contributed by atoms with E-state index in [4.69, 9.17) is 0 Å². The molecule has 0 radical (unpaired) electrons. The van der Waals surface area contributed by atoms with Gasteiger partial charge < -0.3 is 10.6 Å². The number of rotatable bonds is 8. The zero-order chi connectivity index (χ0) is 16.2. The maximum Gasteiger partial charge on any atom is 0.191 e. The Morgan fingerprint density at radius 2 is 1.79 bits per heavy atom. The van der Waals surface area contributed by atoms with E-state index in [1.807, 2.05) is 12.3 Å². The first kappa shape index (κ1) is 20.4. The van der Waals surface area contributed by atoms with Gasteiger partial charge in [-0.3, -0.25) is 9.98 Å². The van der Waals surface area contributed by atoms with Gasteiger partial charge in [0.25, 0.3) is 0 Å². The Hall–Kier alpha value is -1.63. The van der Waals surface area contributed by atoms with Crippen molar-refractivity contribution in [3.8, 4) is 0 Å². The normalized spacial score (nSPS) is 10.8. The molecule has 0 unspecified atom stereocenters. The monoisotopic (exact) mass is 438 g/mol. The average molecular weight is 438 g/mol. The number of aryl methyl sites for hydroxylation is 1. The molecule has 0 bridgehead atoms. The largest absolute Gasteiger partial charge is 0.357 e. The summed E-state index contributed by atoms with van der Waals surface area (Å²) < 4.78 is 0. The number of pyridine rings is 1. The third-order valence-corrected chi connectivity index (χ3v) is 3.51. The molecule has 1 aromatic heterocycles. The first-order valence-corrected chi connectivity index (χ1v) is 8.33. The Balaban J connectivity index is 0.00000288. The summed E-state index contributed by atoms with van der Waals surface area (Å²) in [4.78, 5) is 8.77. The summed E-state index contributed by atoms with van der Waals surface area (Å²) in [6, 6.07) is 14.6. The van der Waals surface area contributed by atoms with Gasteiger partial charge in [-0.05, 0) is 43.4 Å². The van der Waals surface area contributed by atoms with Gasteiger partial charge in [0.15, 0.2) is 5.96 Å². The van der Waals surface area contributed by atoms with E-state index in [2.05, 4.69) is 63.9 Å². The quantitative estimate of drug-likeness (QED) is 0.288. The maximum atomic E-state index is 4.64. The minimum atomic E-state index is 0. The summed E-state index contributed by atoms with van der Waals surface area (Å²) in [6.07, 6.45) is 6.78. The van der Waals surface area contributed by atoms with Gasteiger partial charge in [-0.1, -0.05) is 36.4 Å². The van der Waals surface area contributed by atoms with E-state index in [0.717, 1.165) is 44.9 Å². The zero-order valence-electron chi connectivity index (χ0n) is 14.2. The van der Waals surface area contributed by atoms with Gasteiger partial charge in [0, 0.05) is 32.0 Å². The highest BCUT2D eigenvalue weighted by Gasteiger charge is 1.98. The maximum absolute atomic E-state index is 4.64. The van der Waals surface area contributed by atoms with E-state index >= 15 is 0 Å². The Morgan fingerprint density at radius 3 is 2.50 bits per heavy atom. The number of halogens is 1. The van der Waals surface area contributed by atoms with Crippen molar-refractivity contribution in [2.75, 3.05) is 19.6 Å². The first-order chi connectivity index (χ1) is 11.4. The second-order valence-corrected chi connectivity index (χ2v) is 5.39. The molecule has 0 aliphatic heterocycles. The summed E-state index contributed by atoms with van der Waals surface area (Å²) in [6.45, 7) is 4.65. The molecule has 5 heteroatoms. The van der Waals surface area contributed by atoms with Gasteiger partial charge in [0.2, 0.25) is 0 Å². The van der Waals surface area contributed by atoms with E-state index in [-0.39, 0.29) is 24.0 Å². The van der Waals surface area contributed by atoms with Crippen molar-refractivity contribution in [1.29, 1.82) is 0 Å². The number of nitrogens with one attached hydrogen (secondary N) is 2. The molecule has 0 fully saturated rings. The smallest absolute Gasteiger partial charge is 0.191 e. The highest BCUT2D eigenvalue weighted by atomic mass is 127. The van der Waals surface area contributed by atoms with E-state index in [0.29, 0.717) is 0 Å². The van der Waals surface area contributed by atoms with Gasteiger partial charge in [-0.25, -0.2) is 0 Å². The fraction of sp³-hybridized carbons (Fsp3) is 0.368. The van der Waals surface area contributed by atoms with Crippen molar-refractivity contribution in [2.45, 2.75) is 26.2 Å². The molecule has 0 aliphatic rings. The number of aliphatic imine (C=N–C) groups is 1. The molecule has 0 saturated heterocycles. The number of hydrogen-bond donors (Lipinski definition) is 2. The van der Waals surface area contributed by atoms with Crippen molar-refractivity contribution < 1.29 is 0 Å². The van der Waals surface area contributed by atoms with Crippen LogP contribution in [0.1, 0.15) is 24.5 Å². The Kier molecular flexibility index (Phi) is 10.8. The van der Waals surface area contributed by atoms with Crippen molar-refractivity contribution >= 4 is 29.9 Å². The lowest BCUT2D eigenvalue weighted by atomic mass is 10.1. The molecule has 130 valence electrons. The third-order valence-electron chi connectivity index (χ3n) is 3.51. The van der Waals surface area contributed by atoms with Gasteiger partial charge in [-0.15, -0.1) is 24.0 Å². The Bertz CT molecular complexity index is 572. The number of nitrogens with zero attached hydrogens (tertiary/aromatic N) is 2. The molecule has 0 spiro atoms. The van der Waals surface area contributed by atoms with Crippen molar-refractivity contribution in [2.24, 2.45) is 4.99 Å². The molecule has 2 N–H and O–H groups in total. The van der Waals surface area contributed by atoms with Gasteiger partial charge >= 0.3 is 0 Å². The van der Waals surface area contributed by atoms with Crippen LogP contribution >= 0.6 is 24.0 Å².